The third-order valence-electron chi connectivity index (χ3n) is 4.68. The summed E-state index contributed by atoms with van der Waals surface area (Å²) in [5.41, 5.74) is 9.45. The zero-order chi connectivity index (χ0) is 19.2. The Hall–Kier alpha value is -1.61. The maximum atomic E-state index is 12.7. The van der Waals surface area contributed by atoms with Gasteiger partial charge in [0.1, 0.15) is 6.61 Å². The first-order valence-electron chi connectivity index (χ1n) is 9.02. The zero-order valence-corrected chi connectivity index (χ0v) is 16.5. The fourth-order valence-electron chi connectivity index (χ4n) is 3.09. The predicted molar refractivity (Wildman–Crippen MR) is 105 cm³/mol. The van der Waals surface area contributed by atoms with Crippen LogP contribution in [0.1, 0.15) is 18.4 Å². The van der Waals surface area contributed by atoms with Gasteiger partial charge in [-0.3, -0.25) is 0 Å². The number of nitrogens with zero attached hydrogens (tertiary/aromatic N) is 1. The fourth-order valence-corrected chi connectivity index (χ4v) is 3.91. The highest BCUT2D eigenvalue weighted by molar-refractivity contribution is 7.80. The molecule has 3 unspecified atom stereocenters. The van der Waals surface area contributed by atoms with Crippen molar-refractivity contribution in [2.24, 2.45) is 5.73 Å². The second kappa shape index (κ2) is 9.54. The molecule has 1 aliphatic rings. The summed E-state index contributed by atoms with van der Waals surface area (Å²) in [5.74, 6) is 0. The lowest BCUT2D eigenvalue weighted by atomic mass is 10.0. The van der Waals surface area contributed by atoms with Crippen LogP contribution in [0.3, 0.4) is 0 Å². The van der Waals surface area contributed by atoms with Crippen molar-refractivity contribution in [3.63, 3.8) is 0 Å². The molecular formula is C20H26N2O4S. The van der Waals surface area contributed by atoms with Gasteiger partial charge in [0.25, 0.3) is 0 Å². The number of rotatable bonds is 7. The van der Waals surface area contributed by atoms with Crippen LogP contribution in [0.4, 0.5) is 0 Å². The summed E-state index contributed by atoms with van der Waals surface area (Å²) in [6.07, 6.45) is 1.49. The average molecular weight is 391 g/mol. The van der Waals surface area contributed by atoms with Gasteiger partial charge in [-0.25, -0.2) is 14.0 Å². The number of benzene rings is 2. The fraction of sp³-hybridized carbons (Fsp3) is 0.400. The molecule has 1 heterocycles. The van der Waals surface area contributed by atoms with E-state index in [4.69, 9.17) is 14.9 Å². The molecular weight excluding hydrogens is 364 g/mol. The monoisotopic (exact) mass is 390 g/mol. The lowest BCUT2D eigenvalue weighted by Gasteiger charge is -2.35. The molecule has 0 amide bonds. The molecule has 2 N–H and O–H groups in total. The minimum Gasteiger partial charge on any atom is -0.328 e. The second-order valence-electron chi connectivity index (χ2n) is 6.73. The lowest BCUT2D eigenvalue weighted by molar-refractivity contribution is -0.291. The SMILES string of the molecule is COOCC1CC(N)CCN1OS(=O)c1ccc(-c2ccc(C)cc2)cc1. The molecule has 0 radical (unpaired) electrons. The number of hydroxylamine groups is 2. The Kier molecular flexibility index (Phi) is 7.12. The Morgan fingerprint density at radius 3 is 2.37 bits per heavy atom. The van der Waals surface area contributed by atoms with Gasteiger partial charge in [-0.1, -0.05) is 42.0 Å². The van der Waals surface area contributed by atoms with E-state index in [0.29, 0.717) is 24.5 Å². The number of aryl methyl sites for hydroxylation is 1. The van der Waals surface area contributed by atoms with Crippen molar-refractivity contribution in [2.45, 2.75) is 36.7 Å². The molecule has 3 rings (SSSR count). The molecule has 0 aliphatic carbocycles. The van der Waals surface area contributed by atoms with E-state index in [0.717, 1.165) is 17.5 Å². The van der Waals surface area contributed by atoms with E-state index < -0.39 is 11.1 Å². The number of piperidine rings is 1. The molecule has 1 saturated heterocycles. The molecule has 2 aromatic carbocycles. The lowest BCUT2D eigenvalue weighted by Crippen LogP contribution is -2.49. The molecule has 2 aromatic rings. The molecule has 7 heteroatoms. The molecule has 3 atom stereocenters. The number of hydrogen-bond donors (Lipinski definition) is 1. The predicted octanol–water partition coefficient (Wildman–Crippen LogP) is 2.99. The van der Waals surface area contributed by atoms with Gasteiger partial charge >= 0.3 is 0 Å². The van der Waals surface area contributed by atoms with Crippen molar-refractivity contribution in [1.29, 1.82) is 0 Å². The van der Waals surface area contributed by atoms with Crippen LogP contribution in [0.25, 0.3) is 11.1 Å². The van der Waals surface area contributed by atoms with Gasteiger partial charge in [0.05, 0.1) is 18.0 Å². The van der Waals surface area contributed by atoms with Crippen molar-refractivity contribution in [1.82, 2.24) is 5.06 Å². The van der Waals surface area contributed by atoms with Gasteiger partial charge in [0.15, 0.2) is 0 Å². The maximum absolute atomic E-state index is 12.7. The minimum atomic E-state index is -1.60. The van der Waals surface area contributed by atoms with Crippen molar-refractivity contribution in [3.05, 3.63) is 54.1 Å². The largest absolute Gasteiger partial charge is 0.328 e. The highest BCUT2D eigenvalue weighted by atomic mass is 32.2. The van der Waals surface area contributed by atoms with Crippen LogP contribution >= 0.6 is 0 Å². The third-order valence-corrected chi connectivity index (χ3v) is 5.66. The smallest absolute Gasteiger partial charge is 0.206 e. The molecule has 1 fully saturated rings. The quantitative estimate of drug-likeness (QED) is 0.579. The van der Waals surface area contributed by atoms with Crippen molar-refractivity contribution >= 4 is 11.1 Å². The summed E-state index contributed by atoms with van der Waals surface area (Å²) in [6.45, 7) is 2.98. The van der Waals surface area contributed by atoms with Crippen LogP contribution in [0, 0.1) is 6.92 Å². The standard InChI is InChI=1S/C20H26N2O4S/c1-15-3-5-16(6-4-15)17-7-9-20(10-8-17)27(23)26-22-12-11-18(21)13-19(22)14-25-24-2/h3-10,18-19H,11-14,21H2,1-2H3. The highest BCUT2D eigenvalue weighted by Gasteiger charge is 2.30. The Morgan fingerprint density at radius 1 is 1.11 bits per heavy atom. The zero-order valence-electron chi connectivity index (χ0n) is 15.7. The van der Waals surface area contributed by atoms with E-state index in [1.54, 1.807) is 5.06 Å². The Balaban J connectivity index is 1.65. The van der Waals surface area contributed by atoms with E-state index in [1.807, 2.05) is 24.3 Å². The number of hydrogen-bond acceptors (Lipinski definition) is 6. The first-order chi connectivity index (χ1) is 13.1. The van der Waals surface area contributed by atoms with E-state index in [-0.39, 0.29) is 12.1 Å². The van der Waals surface area contributed by atoms with Crippen LogP contribution < -0.4 is 5.73 Å². The molecule has 0 saturated carbocycles. The van der Waals surface area contributed by atoms with Crippen LogP contribution in [0.15, 0.2) is 53.4 Å². The van der Waals surface area contributed by atoms with Gasteiger partial charge in [-0.15, -0.1) is 0 Å². The average Bonchev–Trinajstić information content (AvgIpc) is 2.69. The van der Waals surface area contributed by atoms with E-state index in [2.05, 4.69) is 36.1 Å². The summed E-state index contributed by atoms with van der Waals surface area (Å²) in [4.78, 5) is 10.3. The third kappa shape index (κ3) is 5.44. The van der Waals surface area contributed by atoms with Crippen molar-refractivity contribution < 1.29 is 18.3 Å². The second-order valence-corrected chi connectivity index (χ2v) is 7.82. The molecule has 6 nitrogen and oxygen atoms in total. The van der Waals surface area contributed by atoms with Crippen LogP contribution in [-0.2, 0) is 25.1 Å². The normalized spacial score (nSPS) is 21.9. The van der Waals surface area contributed by atoms with Gasteiger partial charge in [-0.2, -0.15) is 9.35 Å². The molecule has 0 bridgehead atoms. The highest BCUT2D eigenvalue weighted by Crippen LogP contribution is 2.23. The van der Waals surface area contributed by atoms with E-state index in [1.165, 1.54) is 12.7 Å². The van der Waals surface area contributed by atoms with E-state index >= 15 is 0 Å². The van der Waals surface area contributed by atoms with Crippen molar-refractivity contribution in [2.75, 3.05) is 20.3 Å². The Morgan fingerprint density at radius 2 is 1.74 bits per heavy atom. The Bertz CT molecular complexity index is 752. The van der Waals surface area contributed by atoms with Crippen molar-refractivity contribution in [3.8, 4) is 11.1 Å². The van der Waals surface area contributed by atoms with Gasteiger partial charge < -0.3 is 5.73 Å². The molecule has 0 spiro atoms. The first-order valence-corrected chi connectivity index (χ1v) is 10.1. The summed E-state index contributed by atoms with van der Waals surface area (Å²) in [5, 5.41) is 1.70. The summed E-state index contributed by atoms with van der Waals surface area (Å²) < 4.78 is 18.4. The topological polar surface area (TPSA) is 74.0 Å². The summed E-state index contributed by atoms with van der Waals surface area (Å²) in [6, 6.07) is 15.9. The first kappa shape index (κ1) is 20.1. The van der Waals surface area contributed by atoms with Gasteiger partial charge in [0, 0.05) is 12.6 Å². The molecule has 27 heavy (non-hydrogen) atoms. The summed E-state index contributed by atoms with van der Waals surface area (Å²) >= 11 is -1.60. The molecule has 146 valence electrons. The summed E-state index contributed by atoms with van der Waals surface area (Å²) in [7, 11) is 1.46. The minimum absolute atomic E-state index is 0.0811. The molecule has 1 aliphatic heterocycles. The van der Waals surface area contributed by atoms with Crippen LogP contribution in [0.2, 0.25) is 0 Å². The van der Waals surface area contributed by atoms with Crippen LogP contribution in [0.5, 0.6) is 0 Å². The number of nitrogens with two attached hydrogens (primary N) is 1. The van der Waals surface area contributed by atoms with Gasteiger partial charge in [-0.05, 0) is 43.0 Å². The van der Waals surface area contributed by atoms with Crippen LogP contribution in [-0.4, -0.2) is 41.6 Å². The van der Waals surface area contributed by atoms with Gasteiger partial charge in [0.2, 0.25) is 11.1 Å². The molecule has 0 aromatic heterocycles. The Labute approximate surface area is 162 Å². The maximum Gasteiger partial charge on any atom is 0.206 e. The van der Waals surface area contributed by atoms with E-state index in [9.17, 15) is 4.21 Å².